The molecule has 0 amide bonds. The predicted molar refractivity (Wildman–Crippen MR) is 80.7 cm³/mol. The monoisotopic (exact) mass is 339 g/mol. The van der Waals surface area contributed by atoms with Crippen LogP contribution in [0.1, 0.15) is 25.3 Å². The molecule has 0 bridgehead atoms. The number of aromatic nitrogens is 3. The van der Waals surface area contributed by atoms with Crippen molar-refractivity contribution >= 4 is 27.5 Å². The highest BCUT2D eigenvalue weighted by atomic mass is 79.9. The van der Waals surface area contributed by atoms with Crippen LogP contribution in [0.3, 0.4) is 0 Å². The maximum Gasteiger partial charge on any atom is 0.111 e. The third-order valence-electron chi connectivity index (χ3n) is 3.58. The van der Waals surface area contributed by atoms with Crippen LogP contribution in [0, 0.1) is 0 Å². The quantitative estimate of drug-likeness (QED) is 0.772. The Hall–Kier alpha value is -0.870. The molecule has 3 unspecified atom stereocenters. The van der Waals surface area contributed by atoms with Gasteiger partial charge in [-0.1, -0.05) is 22.0 Å². The molecule has 19 heavy (non-hydrogen) atoms. The van der Waals surface area contributed by atoms with Crippen molar-refractivity contribution in [1.82, 2.24) is 14.8 Å². The molecule has 1 aliphatic carbocycles. The number of hydrogen-bond acceptors (Lipinski definition) is 2. The van der Waals surface area contributed by atoms with E-state index in [1.165, 1.54) is 0 Å². The summed E-state index contributed by atoms with van der Waals surface area (Å²) in [5, 5.41) is 4.83. The molecule has 1 fully saturated rings. The number of nitrogens with zero attached hydrogens (tertiary/aromatic N) is 3. The Morgan fingerprint density at radius 2 is 2.11 bits per heavy atom. The minimum Gasteiger partial charge on any atom is -0.269 e. The maximum atomic E-state index is 6.34. The Bertz CT molecular complexity index is 543. The zero-order valence-electron chi connectivity index (χ0n) is 10.4. The van der Waals surface area contributed by atoms with Gasteiger partial charge >= 0.3 is 0 Å². The molecule has 1 aliphatic rings. The number of hydrogen-bond donors (Lipinski definition) is 0. The van der Waals surface area contributed by atoms with Gasteiger partial charge in [0, 0.05) is 22.6 Å². The van der Waals surface area contributed by atoms with Crippen molar-refractivity contribution in [3.8, 4) is 11.4 Å². The predicted octanol–water partition coefficient (Wildman–Crippen LogP) is 4.04. The Morgan fingerprint density at radius 1 is 1.21 bits per heavy atom. The van der Waals surface area contributed by atoms with Gasteiger partial charge in [0.1, 0.15) is 5.69 Å². The third-order valence-corrected chi connectivity index (χ3v) is 5.46. The van der Waals surface area contributed by atoms with Gasteiger partial charge in [0.15, 0.2) is 0 Å². The van der Waals surface area contributed by atoms with Crippen LogP contribution < -0.4 is 0 Å². The summed E-state index contributed by atoms with van der Waals surface area (Å²) in [6.07, 6.45) is 6.99. The molecule has 5 heteroatoms. The van der Waals surface area contributed by atoms with Gasteiger partial charge in [-0.15, -0.1) is 11.6 Å². The van der Waals surface area contributed by atoms with Crippen molar-refractivity contribution in [3.63, 3.8) is 0 Å². The van der Waals surface area contributed by atoms with Crippen LogP contribution in [-0.4, -0.2) is 25.0 Å². The Balaban J connectivity index is 1.79. The fourth-order valence-corrected chi connectivity index (χ4v) is 3.30. The average molecular weight is 341 g/mol. The zero-order chi connectivity index (χ0) is 13.2. The molecule has 3 rings (SSSR count). The van der Waals surface area contributed by atoms with Crippen LogP contribution in [0.2, 0.25) is 0 Å². The molecule has 3 nitrogen and oxygen atoms in total. The molecule has 0 radical (unpaired) electrons. The standard InChI is InChI=1S/C14H15BrClN3/c15-11-5-4-10(9-12(11)16)19-8-6-14(18-19)13-3-1-2-7-17-13/h1-3,6-8,10-12H,4-5,9H2. The second kappa shape index (κ2) is 5.63. The number of pyridine rings is 1. The summed E-state index contributed by atoms with van der Waals surface area (Å²) in [6, 6.07) is 8.29. The minimum absolute atomic E-state index is 0.182. The first-order valence-electron chi connectivity index (χ1n) is 6.49. The summed E-state index contributed by atoms with van der Waals surface area (Å²) >= 11 is 9.96. The van der Waals surface area contributed by atoms with Gasteiger partial charge in [-0.05, 0) is 37.5 Å². The van der Waals surface area contributed by atoms with E-state index in [9.17, 15) is 0 Å². The fourth-order valence-electron chi connectivity index (χ4n) is 2.49. The van der Waals surface area contributed by atoms with E-state index in [0.29, 0.717) is 10.9 Å². The van der Waals surface area contributed by atoms with Gasteiger partial charge in [0.05, 0.1) is 11.7 Å². The van der Waals surface area contributed by atoms with Crippen molar-refractivity contribution in [3.05, 3.63) is 36.7 Å². The van der Waals surface area contributed by atoms with Gasteiger partial charge in [-0.3, -0.25) is 9.67 Å². The molecule has 0 spiro atoms. The summed E-state index contributed by atoms with van der Waals surface area (Å²) in [5.74, 6) is 0. The number of alkyl halides is 2. The minimum atomic E-state index is 0.182. The summed E-state index contributed by atoms with van der Waals surface area (Å²) < 4.78 is 2.04. The first-order valence-corrected chi connectivity index (χ1v) is 7.84. The second-order valence-electron chi connectivity index (χ2n) is 4.89. The molecule has 0 aromatic carbocycles. The lowest BCUT2D eigenvalue weighted by atomic mass is 9.95. The SMILES string of the molecule is ClC1CC(n2ccc(-c3ccccn3)n2)CCC1Br. The maximum absolute atomic E-state index is 6.34. The summed E-state index contributed by atoms with van der Waals surface area (Å²) in [6.45, 7) is 0. The largest absolute Gasteiger partial charge is 0.269 e. The van der Waals surface area contributed by atoms with E-state index in [1.54, 1.807) is 6.20 Å². The van der Waals surface area contributed by atoms with Gasteiger partial charge in [-0.2, -0.15) is 5.10 Å². The molecule has 2 aromatic heterocycles. The van der Waals surface area contributed by atoms with E-state index in [-0.39, 0.29) is 5.38 Å². The number of halogens is 2. The summed E-state index contributed by atoms with van der Waals surface area (Å²) in [5.41, 5.74) is 1.84. The first kappa shape index (κ1) is 13.1. The van der Waals surface area contributed by atoms with E-state index >= 15 is 0 Å². The average Bonchev–Trinajstić information content (AvgIpc) is 2.93. The van der Waals surface area contributed by atoms with Crippen LogP contribution in [0.25, 0.3) is 11.4 Å². The summed E-state index contributed by atoms with van der Waals surface area (Å²) in [4.78, 5) is 4.75. The normalized spacial score (nSPS) is 27.4. The molecule has 100 valence electrons. The molecule has 0 aliphatic heterocycles. The zero-order valence-corrected chi connectivity index (χ0v) is 12.8. The van der Waals surface area contributed by atoms with Crippen molar-refractivity contribution in [1.29, 1.82) is 0 Å². The van der Waals surface area contributed by atoms with Gasteiger partial charge in [0.25, 0.3) is 0 Å². The van der Waals surface area contributed by atoms with Crippen molar-refractivity contribution in [2.75, 3.05) is 0 Å². The lowest BCUT2D eigenvalue weighted by Gasteiger charge is -2.29. The Kier molecular flexibility index (Phi) is 3.89. The second-order valence-corrected chi connectivity index (χ2v) is 6.63. The van der Waals surface area contributed by atoms with Gasteiger partial charge in [-0.25, -0.2) is 0 Å². The molecule has 2 heterocycles. The highest BCUT2D eigenvalue weighted by Crippen LogP contribution is 2.35. The molecule has 0 saturated heterocycles. The Labute approximate surface area is 126 Å². The smallest absolute Gasteiger partial charge is 0.111 e. The van der Waals surface area contributed by atoms with Crippen molar-refractivity contribution in [2.45, 2.75) is 35.5 Å². The summed E-state index contributed by atoms with van der Waals surface area (Å²) in [7, 11) is 0. The van der Waals surface area contributed by atoms with Crippen molar-refractivity contribution < 1.29 is 0 Å². The van der Waals surface area contributed by atoms with E-state index in [1.807, 2.05) is 35.1 Å². The van der Waals surface area contributed by atoms with E-state index < -0.39 is 0 Å². The first-order chi connectivity index (χ1) is 9.24. The lowest BCUT2D eigenvalue weighted by Crippen LogP contribution is -2.27. The third kappa shape index (κ3) is 2.84. The lowest BCUT2D eigenvalue weighted by molar-refractivity contribution is 0.341. The molecule has 3 atom stereocenters. The highest BCUT2D eigenvalue weighted by molar-refractivity contribution is 9.09. The van der Waals surface area contributed by atoms with Gasteiger partial charge < -0.3 is 0 Å². The van der Waals surface area contributed by atoms with Crippen LogP contribution in [-0.2, 0) is 0 Å². The van der Waals surface area contributed by atoms with E-state index in [2.05, 4.69) is 26.0 Å². The van der Waals surface area contributed by atoms with Crippen molar-refractivity contribution in [2.24, 2.45) is 0 Å². The molecule has 0 N–H and O–H groups in total. The topological polar surface area (TPSA) is 30.7 Å². The molecular weight excluding hydrogens is 326 g/mol. The van der Waals surface area contributed by atoms with Crippen LogP contribution >= 0.6 is 27.5 Å². The van der Waals surface area contributed by atoms with E-state index in [0.717, 1.165) is 30.7 Å². The Morgan fingerprint density at radius 3 is 2.84 bits per heavy atom. The fraction of sp³-hybridized carbons (Fsp3) is 0.429. The van der Waals surface area contributed by atoms with Crippen LogP contribution in [0.5, 0.6) is 0 Å². The van der Waals surface area contributed by atoms with E-state index in [4.69, 9.17) is 11.6 Å². The van der Waals surface area contributed by atoms with Crippen LogP contribution in [0.4, 0.5) is 0 Å². The number of rotatable bonds is 2. The van der Waals surface area contributed by atoms with Gasteiger partial charge in [0.2, 0.25) is 0 Å². The molecule has 1 saturated carbocycles. The highest BCUT2D eigenvalue weighted by Gasteiger charge is 2.28. The van der Waals surface area contributed by atoms with Crippen LogP contribution in [0.15, 0.2) is 36.7 Å². The molecular formula is C14H15BrClN3. The molecule has 2 aromatic rings.